The van der Waals surface area contributed by atoms with Crippen LogP contribution < -0.4 is 5.32 Å². The van der Waals surface area contributed by atoms with Crippen LogP contribution in [0.25, 0.3) is 0 Å². The Bertz CT molecular complexity index is 453. The summed E-state index contributed by atoms with van der Waals surface area (Å²) in [6, 6.07) is 0. The number of carbonyl (C=O) groups excluding carboxylic acids is 1. The highest BCUT2D eigenvalue weighted by molar-refractivity contribution is 7.09. The molecule has 0 saturated carbocycles. The fraction of sp³-hybridized carbons (Fsp3) is 0.273. The Labute approximate surface area is 96.7 Å². The van der Waals surface area contributed by atoms with Crippen LogP contribution in [-0.2, 0) is 10.5 Å². The molecule has 1 aromatic rings. The number of aromatic nitrogens is 1. The molecule has 5 heteroatoms. The molecule has 1 aromatic heterocycles. The molecule has 3 nitrogen and oxygen atoms in total. The van der Waals surface area contributed by atoms with E-state index in [9.17, 15) is 9.18 Å². The van der Waals surface area contributed by atoms with Gasteiger partial charge in [0.25, 0.3) is 0 Å². The van der Waals surface area contributed by atoms with Gasteiger partial charge in [0.1, 0.15) is 0 Å². The number of carbonyl (C=O) groups is 1. The van der Waals surface area contributed by atoms with Crippen molar-refractivity contribution in [3.63, 3.8) is 0 Å². The maximum absolute atomic E-state index is 14.5. The molecule has 1 unspecified atom stereocenters. The largest absolute Gasteiger partial charge is 0.330 e. The number of rotatable bonds is 2. The second-order valence-electron chi connectivity index (χ2n) is 3.64. The average Bonchev–Trinajstić information content (AvgIpc) is 2.69. The molecule has 1 N–H and O–H groups in total. The van der Waals surface area contributed by atoms with E-state index < -0.39 is 5.67 Å². The number of halogens is 1. The summed E-state index contributed by atoms with van der Waals surface area (Å²) in [6.45, 7) is 1.41. The molecule has 0 spiro atoms. The Balaban J connectivity index is 2.19. The summed E-state index contributed by atoms with van der Waals surface area (Å²) in [5.74, 6) is -0.187. The standard InChI is InChI=1S/C11H11FN2OS/c1-8(15)14-9-3-2-4-11(12,5-9)10-6-13-7-16-10/h2-4,6-7H,5H2,1H3,(H,14,15). The third-order valence-corrected chi connectivity index (χ3v) is 3.21. The molecular formula is C11H11FN2OS. The molecule has 0 aliphatic heterocycles. The van der Waals surface area contributed by atoms with Gasteiger partial charge in [-0.3, -0.25) is 9.78 Å². The lowest BCUT2D eigenvalue weighted by molar-refractivity contribution is -0.118. The fourth-order valence-electron chi connectivity index (χ4n) is 1.61. The summed E-state index contributed by atoms with van der Waals surface area (Å²) in [7, 11) is 0. The molecule has 84 valence electrons. The lowest BCUT2D eigenvalue weighted by atomic mass is 9.94. The molecule has 0 fully saturated rings. The topological polar surface area (TPSA) is 42.0 Å². The van der Waals surface area contributed by atoms with Crippen LogP contribution >= 0.6 is 11.3 Å². The minimum Gasteiger partial charge on any atom is -0.330 e. The summed E-state index contributed by atoms with van der Waals surface area (Å²) < 4.78 is 14.5. The van der Waals surface area contributed by atoms with Crippen molar-refractivity contribution in [1.82, 2.24) is 10.3 Å². The second kappa shape index (κ2) is 4.17. The van der Waals surface area contributed by atoms with E-state index in [-0.39, 0.29) is 12.3 Å². The van der Waals surface area contributed by atoms with Gasteiger partial charge in [0.2, 0.25) is 5.91 Å². The Morgan fingerprint density at radius 3 is 3.12 bits per heavy atom. The van der Waals surface area contributed by atoms with E-state index in [1.165, 1.54) is 30.5 Å². The van der Waals surface area contributed by atoms with Crippen LogP contribution in [-0.4, -0.2) is 10.9 Å². The molecule has 2 rings (SSSR count). The van der Waals surface area contributed by atoms with Crippen molar-refractivity contribution in [2.75, 3.05) is 0 Å². The maximum Gasteiger partial charge on any atom is 0.220 e. The van der Waals surface area contributed by atoms with Gasteiger partial charge in [-0.25, -0.2) is 4.39 Å². The fourth-order valence-corrected chi connectivity index (χ4v) is 2.31. The quantitative estimate of drug-likeness (QED) is 0.859. The third-order valence-electron chi connectivity index (χ3n) is 2.28. The van der Waals surface area contributed by atoms with Crippen molar-refractivity contribution in [3.05, 3.63) is 40.5 Å². The van der Waals surface area contributed by atoms with Gasteiger partial charge in [0.15, 0.2) is 5.67 Å². The number of allylic oxidation sites excluding steroid dienone is 4. The first-order chi connectivity index (χ1) is 7.60. The predicted molar refractivity (Wildman–Crippen MR) is 60.6 cm³/mol. The lowest BCUT2D eigenvalue weighted by Crippen LogP contribution is -2.27. The Kier molecular flexibility index (Phi) is 2.87. The molecule has 0 bridgehead atoms. The minimum atomic E-state index is -1.55. The molecule has 1 amide bonds. The molecule has 0 radical (unpaired) electrons. The van der Waals surface area contributed by atoms with Crippen LogP contribution in [0.1, 0.15) is 18.2 Å². The Hall–Kier alpha value is -1.49. The van der Waals surface area contributed by atoms with E-state index in [1.54, 1.807) is 17.7 Å². The van der Waals surface area contributed by atoms with E-state index in [2.05, 4.69) is 10.3 Å². The minimum absolute atomic E-state index is 0.144. The van der Waals surface area contributed by atoms with Crippen molar-refractivity contribution in [2.45, 2.75) is 19.0 Å². The first-order valence-corrected chi connectivity index (χ1v) is 5.72. The second-order valence-corrected chi connectivity index (χ2v) is 4.52. The van der Waals surface area contributed by atoms with Crippen molar-refractivity contribution in [2.24, 2.45) is 0 Å². The zero-order chi connectivity index (χ0) is 11.6. The first kappa shape index (κ1) is 11.0. The van der Waals surface area contributed by atoms with Crippen LogP contribution in [0.3, 0.4) is 0 Å². The molecule has 0 saturated heterocycles. The zero-order valence-corrected chi connectivity index (χ0v) is 9.55. The number of nitrogens with zero attached hydrogens (tertiary/aromatic N) is 1. The summed E-state index contributed by atoms with van der Waals surface area (Å²) in [4.78, 5) is 15.3. The van der Waals surface area contributed by atoms with Gasteiger partial charge in [-0.2, -0.15) is 0 Å². The molecular weight excluding hydrogens is 227 g/mol. The van der Waals surface area contributed by atoms with E-state index in [0.717, 1.165) is 0 Å². The third kappa shape index (κ3) is 2.19. The van der Waals surface area contributed by atoms with Gasteiger partial charge in [0.05, 0.1) is 10.4 Å². The first-order valence-electron chi connectivity index (χ1n) is 4.84. The maximum atomic E-state index is 14.5. The Morgan fingerprint density at radius 1 is 1.69 bits per heavy atom. The van der Waals surface area contributed by atoms with Crippen LogP contribution in [0.5, 0.6) is 0 Å². The summed E-state index contributed by atoms with van der Waals surface area (Å²) in [5.41, 5.74) is 0.639. The van der Waals surface area contributed by atoms with E-state index in [0.29, 0.717) is 10.6 Å². The number of amides is 1. The highest BCUT2D eigenvalue weighted by atomic mass is 32.1. The van der Waals surface area contributed by atoms with Crippen molar-refractivity contribution in [3.8, 4) is 0 Å². The molecule has 1 aliphatic rings. The highest BCUT2D eigenvalue weighted by Crippen LogP contribution is 2.38. The van der Waals surface area contributed by atoms with Gasteiger partial charge in [-0.15, -0.1) is 11.3 Å². The van der Waals surface area contributed by atoms with E-state index in [1.807, 2.05) is 0 Å². The van der Waals surface area contributed by atoms with Gasteiger partial charge in [-0.05, 0) is 12.2 Å². The SMILES string of the molecule is CC(=O)NC1=CC=CC(F)(c2cncs2)C1. The normalized spacial score (nSPS) is 24.0. The van der Waals surface area contributed by atoms with Crippen LogP contribution in [0.2, 0.25) is 0 Å². The molecule has 0 aromatic carbocycles. The summed E-state index contributed by atoms with van der Waals surface area (Å²) in [6.07, 6.45) is 6.48. The van der Waals surface area contributed by atoms with Crippen molar-refractivity contribution < 1.29 is 9.18 Å². The van der Waals surface area contributed by atoms with E-state index >= 15 is 0 Å². The molecule has 1 heterocycles. The summed E-state index contributed by atoms with van der Waals surface area (Å²) in [5, 5.41) is 2.61. The summed E-state index contributed by atoms with van der Waals surface area (Å²) >= 11 is 1.27. The van der Waals surface area contributed by atoms with Gasteiger partial charge in [0, 0.05) is 25.2 Å². The van der Waals surface area contributed by atoms with Crippen molar-refractivity contribution >= 4 is 17.2 Å². The molecule has 16 heavy (non-hydrogen) atoms. The average molecular weight is 238 g/mol. The van der Waals surface area contributed by atoms with Crippen molar-refractivity contribution in [1.29, 1.82) is 0 Å². The van der Waals surface area contributed by atoms with Gasteiger partial charge in [-0.1, -0.05) is 6.08 Å². The predicted octanol–water partition coefficient (Wildman–Crippen LogP) is 2.29. The number of hydrogen-bond acceptors (Lipinski definition) is 3. The number of alkyl halides is 1. The lowest BCUT2D eigenvalue weighted by Gasteiger charge is -2.24. The smallest absolute Gasteiger partial charge is 0.220 e. The van der Waals surface area contributed by atoms with Crippen LogP contribution in [0.15, 0.2) is 35.6 Å². The molecule has 1 atom stereocenters. The number of hydrogen-bond donors (Lipinski definition) is 1. The van der Waals surface area contributed by atoms with Gasteiger partial charge >= 0.3 is 0 Å². The van der Waals surface area contributed by atoms with Gasteiger partial charge < -0.3 is 5.32 Å². The Morgan fingerprint density at radius 2 is 2.50 bits per heavy atom. The van der Waals surface area contributed by atoms with Crippen LogP contribution in [0, 0.1) is 0 Å². The number of nitrogens with one attached hydrogen (secondary N) is 1. The van der Waals surface area contributed by atoms with Crippen LogP contribution in [0.4, 0.5) is 4.39 Å². The van der Waals surface area contributed by atoms with E-state index in [4.69, 9.17) is 0 Å². The monoisotopic (exact) mass is 238 g/mol. The number of thiazole rings is 1. The highest BCUT2D eigenvalue weighted by Gasteiger charge is 2.33. The zero-order valence-electron chi connectivity index (χ0n) is 8.74. The molecule has 1 aliphatic carbocycles.